The molecule has 0 unspecified atom stereocenters. The molecule has 2 heterocycles. The number of aliphatic hydroxyl groups is 1. The maximum atomic E-state index is 12.8. The Labute approximate surface area is 216 Å². The molecule has 4 N–H and O–H groups in total. The molecule has 0 bridgehead atoms. The molecular weight excluding hydrogens is 500 g/mol. The molecule has 0 aliphatic carbocycles. The summed E-state index contributed by atoms with van der Waals surface area (Å²) in [7, 11) is 1.41. The normalized spacial score (nSPS) is 21.7. The molecule has 2 aliphatic heterocycles. The van der Waals surface area contributed by atoms with Gasteiger partial charge in [-0.2, -0.15) is 0 Å². The van der Waals surface area contributed by atoms with Crippen LogP contribution in [0.25, 0.3) is 0 Å². The van der Waals surface area contributed by atoms with Gasteiger partial charge in [-0.1, -0.05) is 12.1 Å². The highest BCUT2D eigenvalue weighted by atomic mass is 16.6. The molecule has 198 valence electrons. The summed E-state index contributed by atoms with van der Waals surface area (Å²) in [5.41, 5.74) is 0.706. The number of aromatic hydroxyl groups is 3. The van der Waals surface area contributed by atoms with Crippen molar-refractivity contribution in [1.82, 2.24) is 0 Å². The lowest BCUT2D eigenvalue weighted by Crippen LogP contribution is -2.38. The maximum absolute atomic E-state index is 12.8. The summed E-state index contributed by atoms with van der Waals surface area (Å²) in [6.07, 6.45) is -4.35. The third kappa shape index (κ3) is 4.48. The van der Waals surface area contributed by atoms with Gasteiger partial charge in [-0.25, -0.2) is 0 Å². The summed E-state index contributed by atoms with van der Waals surface area (Å²) < 4.78 is 28.5. The van der Waals surface area contributed by atoms with Crippen molar-refractivity contribution < 1.29 is 53.7 Å². The van der Waals surface area contributed by atoms with Crippen LogP contribution in [0.1, 0.15) is 40.6 Å². The molecule has 0 aromatic heterocycles. The van der Waals surface area contributed by atoms with Gasteiger partial charge in [-0.3, -0.25) is 9.59 Å². The second-order valence-electron chi connectivity index (χ2n) is 8.82. The number of methoxy groups -OCH3 is 1. The van der Waals surface area contributed by atoms with E-state index in [1.54, 1.807) is 24.3 Å². The van der Waals surface area contributed by atoms with Crippen LogP contribution >= 0.6 is 0 Å². The highest BCUT2D eigenvalue weighted by molar-refractivity contribution is 6.05. The van der Waals surface area contributed by atoms with E-state index in [2.05, 4.69) is 0 Å². The van der Waals surface area contributed by atoms with Gasteiger partial charge in [0.2, 0.25) is 5.78 Å². The largest absolute Gasteiger partial charge is 0.508 e. The lowest BCUT2D eigenvalue weighted by Gasteiger charge is -2.35. The van der Waals surface area contributed by atoms with Crippen molar-refractivity contribution in [3.8, 4) is 40.2 Å². The van der Waals surface area contributed by atoms with Crippen LogP contribution in [0.15, 0.2) is 48.5 Å². The van der Waals surface area contributed by atoms with Crippen molar-refractivity contribution in [2.75, 3.05) is 13.7 Å². The number of Topliss-reactive ketones (excluding diaryl/α,β-unsaturated/α-hetero) is 1. The zero-order valence-electron chi connectivity index (χ0n) is 20.3. The van der Waals surface area contributed by atoms with Crippen LogP contribution in [0, 0.1) is 0 Å². The van der Waals surface area contributed by atoms with Crippen molar-refractivity contribution >= 4 is 11.8 Å². The number of phenols is 3. The number of hydrogen-bond acceptors (Lipinski definition) is 11. The Balaban J connectivity index is 1.50. The van der Waals surface area contributed by atoms with Crippen molar-refractivity contribution in [3.05, 3.63) is 65.2 Å². The Morgan fingerprint density at radius 3 is 2.32 bits per heavy atom. The number of carbonyl (C=O) groups is 2. The van der Waals surface area contributed by atoms with Crippen LogP contribution in [-0.2, 0) is 9.53 Å². The lowest BCUT2D eigenvalue weighted by atomic mass is 9.92. The van der Waals surface area contributed by atoms with E-state index in [9.17, 15) is 30.0 Å². The molecule has 0 saturated heterocycles. The standard InChI is InChI=1S/C27H24O11/c1-12(28)35-11-22-26(13-3-5-16(30)19(7-13)34-2)37-20-8-14(4-6-18(20)36-22)27-25(33)24(32)23-17(31)9-15(29)10-21(23)38-27/h3-10,22,25-27,29-31,33H,11H2,1-2H3/t22-,25+,26-,27-/m1/s1. The van der Waals surface area contributed by atoms with Crippen LogP contribution in [0.4, 0.5) is 0 Å². The number of aliphatic hydroxyl groups excluding tert-OH is 1. The van der Waals surface area contributed by atoms with E-state index in [1.807, 2.05) is 0 Å². The molecular formula is C27H24O11. The van der Waals surface area contributed by atoms with E-state index in [4.69, 9.17) is 23.7 Å². The molecule has 3 aromatic rings. The molecule has 3 aromatic carbocycles. The van der Waals surface area contributed by atoms with Crippen LogP contribution in [-0.4, -0.2) is 58.1 Å². The first-order chi connectivity index (χ1) is 18.2. The van der Waals surface area contributed by atoms with Crippen molar-refractivity contribution in [3.63, 3.8) is 0 Å². The average Bonchev–Trinajstić information content (AvgIpc) is 2.88. The summed E-state index contributed by atoms with van der Waals surface area (Å²) in [5, 5.41) is 40.6. The SMILES string of the molecule is COc1cc([C@H]2Oc3cc([C@H]4Oc5cc(O)cc(O)c5C(=O)[C@@H]4O)ccc3O[C@@H]2COC(C)=O)ccc1O. The first-order valence-corrected chi connectivity index (χ1v) is 11.6. The quantitative estimate of drug-likeness (QED) is 0.363. The van der Waals surface area contributed by atoms with E-state index < -0.39 is 41.9 Å². The number of esters is 1. The predicted molar refractivity (Wildman–Crippen MR) is 129 cm³/mol. The van der Waals surface area contributed by atoms with Gasteiger partial charge in [0.25, 0.3) is 0 Å². The summed E-state index contributed by atoms with van der Waals surface area (Å²) in [4.78, 5) is 24.3. The van der Waals surface area contributed by atoms with Gasteiger partial charge in [0.15, 0.2) is 47.4 Å². The third-order valence-electron chi connectivity index (χ3n) is 6.27. The molecule has 0 saturated carbocycles. The molecule has 11 nitrogen and oxygen atoms in total. The molecule has 2 aliphatic rings. The van der Waals surface area contributed by atoms with Crippen LogP contribution in [0.3, 0.4) is 0 Å². The first-order valence-electron chi connectivity index (χ1n) is 11.6. The summed E-state index contributed by atoms with van der Waals surface area (Å²) in [6.45, 7) is 1.16. The fourth-order valence-electron chi connectivity index (χ4n) is 4.47. The van der Waals surface area contributed by atoms with Gasteiger partial charge >= 0.3 is 5.97 Å². The topological polar surface area (TPSA) is 161 Å². The monoisotopic (exact) mass is 524 g/mol. The van der Waals surface area contributed by atoms with E-state index in [1.165, 1.54) is 32.2 Å². The molecule has 5 rings (SSSR count). The second kappa shape index (κ2) is 9.67. The number of hydrogen-bond donors (Lipinski definition) is 4. The summed E-state index contributed by atoms with van der Waals surface area (Å²) in [6, 6.07) is 11.5. The number of ether oxygens (including phenoxy) is 5. The van der Waals surface area contributed by atoms with E-state index >= 15 is 0 Å². The van der Waals surface area contributed by atoms with E-state index in [0.717, 1.165) is 6.07 Å². The molecule has 0 fully saturated rings. The van der Waals surface area contributed by atoms with Crippen LogP contribution < -0.4 is 18.9 Å². The zero-order valence-corrected chi connectivity index (χ0v) is 20.3. The predicted octanol–water partition coefficient (Wildman–Crippen LogP) is 2.93. The van der Waals surface area contributed by atoms with Crippen LogP contribution in [0.5, 0.6) is 40.2 Å². The van der Waals surface area contributed by atoms with Crippen molar-refractivity contribution in [2.45, 2.75) is 31.3 Å². The molecule has 0 amide bonds. The first kappa shape index (κ1) is 25.0. The van der Waals surface area contributed by atoms with Crippen molar-refractivity contribution in [2.24, 2.45) is 0 Å². The minimum atomic E-state index is -1.64. The van der Waals surface area contributed by atoms with Crippen molar-refractivity contribution in [1.29, 1.82) is 0 Å². The highest BCUT2D eigenvalue weighted by Gasteiger charge is 2.40. The van der Waals surface area contributed by atoms with Gasteiger partial charge in [-0.15, -0.1) is 0 Å². The number of ketones is 1. The number of fused-ring (bicyclic) bond motifs is 2. The Hall–Kier alpha value is -4.64. The minimum Gasteiger partial charge on any atom is -0.508 e. The molecule has 0 radical (unpaired) electrons. The minimum absolute atomic E-state index is 0.0716. The van der Waals surface area contributed by atoms with Gasteiger partial charge in [0.1, 0.15) is 29.4 Å². The number of benzene rings is 3. The number of phenolic OH excluding ortho intramolecular Hbond substituents is 3. The summed E-state index contributed by atoms with van der Waals surface area (Å²) >= 11 is 0. The molecule has 0 spiro atoms. The molecule has 11 heteroatoms. The van der Waals surface area contributed by atoms with Gasteiger partial charge in [0.05, 0.1) is 7.11 Å². The second-order valence-corrected chi connectivity index (χ2v) is 8.82. The Morgan fingerprint density at radius 2 is 1.58 bits per heavy atom. The van der Waals surface area contributed by atoms with Gasteiger partial charge in [0, 0.05) is 24.6 Å². The molecule has 4 atom stereocenters. The summed E-state index contributed by atoms with van der Waals surface area (Å²) in [5.74, 6) is -1.44. The molecule has 38 heavy (non-hydrogen) atoms. The van der Waals surface area contributed by atoms with Crippen LogP contribution in [0.2, 0.25) is 0 Å². The van der Waals surface area contributed by atoms with Gasteiger partial charge in [-0.05, 0) is 29.8 Å². The fraction of sp³-hybridized carbons (Fsp3) is 0.259. The Bertz CT molecular complexity index is 1420. The smallest absolute Gasteiger partial charge is 0.302 e. The number of carbonyl (C=O) groups excluding carboxylic acids is 2. The lowest BCUT2D eigenvalue weighted by molar-refractivity contribution is -0.145. The van der Waals surface area contributed by atoms with Gasteiger partial charge < -0.3 is 44.1 Å². The van der Waals surface area contributed by atoms with E-state index in [0.29, 0.717) is 16.9 Å². The fourth-order valence-corrected chi connectivity index (χ4v) is 4.47. The average molecular weight is 524 g/mol. The van der Waals surface area contributed by atoms with E-state index in [-0.39, 0.29) is 40.9 Å². The highest BCUT2D eigenvalue weighted by Crippen LogP contribution is 2.46. The third-order valence-corrected chi connectivity index (χ3v) is 6.27. The zero-order chi connectivity index (χ0) is 27.1. The maximum Gasteiger partial charge on any atom is 0.302 e. The Kier molecular flexibility index (Phi) is 6.37. The number of rotatable bonds is 5. The Morgan fingerprint density at radius 1 is 0.868 bits per heavy atom.